The molecule has 14 heteroatoms. The number of hydrogen-bond acceptors (Lipinski definition) is 11. The van der Waals surface area contributed by atoms with Crippen molar-refractivity contribution in [1.82, 2.24) is 4.57 Å². The van der Waals surface area contributed by atoms with Gasteiger partial charge in [-0.3, -0.25) is 29.6 Å². The molecule has 0 fully saturated rings. The molecule has 0 bridgehead atoms. The van der Waals surface area contributed by atoms with Crippen LogP contribution in [0.3, 0.4) is 0 Å². The Balaban J connectivity index is 1.56. The molecule has 1 atom stereocenters. The van der Waals surface area contributed by atoms with Gasteiger partial charge in [0.05, 0.1) is 51.0 Å². The van der Waals surface area contributed by atoms with E-state index in [1.54, 1.807) is 68.5 Å². The summed E-state index contributed by atoms with van der Waals surface area (Å²) in [7, 11) is 0. The van der Waals surface area contributed by atoms with E-state index in [1.165, 1.54) is 4.57 Å². The number of nitro groups is 2. The summed E-state index contributed by atoms with van der Waals surface area (Å²) in [5, 5.41) is 22.6. The molecule has 0 spiro atoms. The number of nitro benzene ring substituents is 2. The van der Waals surface area contributed by atoms with E-state index >= 15 is 0 Å². The fourth-order valence-corrected chi connectivity index (χ4v) is 5.86. The van der Waals surface area contributed by atoms with Crippen molar-refractivity contribution in [2.45, 2.75) is 26.8 Å². The highest BCUT2D eigenvalue weighted by molar-refractivity contribution is 7.07. The maximum absolute atomic E-state index is 13.9. The first-order valence-corrected chi connectivity index (χ1v) is 14.6. The average Bonchev–Trinajstić information content (AvgIpc) is 3.31. The molecule has 1 aromatic heterocycles. The molecule has 0 N–H and O–H groups in total. The van der Waals surface area contributed by atoms with Gasteiger partial charge < -0.3 is 14.2 Å². The fourth-order valence-electron chi connectivity index (χ4n) is 4.81. The minimum Gasteiger partial charge on any atom is -0.494 e. The van der Waals surface area contributed by atoms with E-state index in [4.69, 9.17) is 14.2 Å². The topological polar surface area (TPSA) is 165 Å². The zero-order valence-electron chi connectivity index (χ0n) is 24.3. The summed E-state index contributed by atoms with van der Waals surface area (Å²) >= 11 is 1.14. The molecular weight excluding hydrogens is 604 g/mol. The number of aromatic nitrogens is 1. The Kier molecular flexibility index (Phi) is 8.86. The standard InChI is InChI=1S/C31H26N4O9S/c1-4-42-22-12-9-20(10-13-22)28-27(30(37)43-5-2)18(3)32-31-33(28)29(36)26(45-31)16-19-7-6-8-23(15-19)44-25-14-11-21(34(38)39)17-24(25)35(40)41/h6-17,28H,4-5H2,1-3H3/b26-16-/t28-/m1/s1. The number of benzene rings is 3. The van der Waals surface area contributed by atoms with Gasteiger partial charge in [0.25, 0.3) is 11.2 Å². The number of non-ortho nitro benzene ring substituents is 1. The zero-order chi connectivity index (χ0) is 32.2. The maximum Gasteiger partial charge on any atom is 0.338 e. The second kappa shape index (κ2) is 12.9. The number of allylic oxidation sites excluding steroid dienone is 1. The van der Waals surface area contributed by atoms with E-state index in [0.29, 0.717) is 38.5 Å². The van der Waals surface area contributed by atoms with Crippen LogP contribution in [0, 0.1) is 20.2 Å². The Hall–Kier alpha value is -5.63. The van der Waals surface area contributed by atoms with Gasteiger partial charge in [0.1, 0.15) is 11.5 Å². The van der Waals surface area contributed by atoms with Gasteiger partial charge in [-0.05, 0) is 68.3 Å². The number of carbonyl (C=O) groups excluding carboxylic acids is 1. The van der Waals surface area contributed by atoms with Crippen molar-refractivity contribution in [3.8, 4) is 17.2 Å². The van der Waals surface area contributed by atoms with Crippen LogP contribution in [0.4, 0.5) is 11.4 Å². The summed E-state index contributed by atoms with van der Waals surface area (Å²) in [4.78, 5) is 53.1. The number of hydrogen-bond donors (Lipinski definition) is 0. The third-order valence-corrected chi connectivity index (χ3v) is 7.74. The monoisotopic (exact) mass is 630 g/mol. The summed E-state index contributed by atoms with van der Waals surface area (Å²) in [5.74, 6) is 0.103. The molecule has 5 rings (SSSR count). The normalized spacial score (nSPS) is 14.4. The van der Waals surface area contributed by atoms with Gasteiger partial charge in [-0.1, -0.05) is 35.6 Å². The van der Waals surface area contributed by atoms with Crippen molar-refractivity contribution < 1.29 is 28.9 Å². The van der Waals surface area contributed by atoms with Crippen molar-refractivity contribution in [2.24, 2.45) is 4.99 Å². The van der Waals surface area contributed by atoms with Crippen LogP contribution in [-0.4, -0.2) is 33.6 Å². The minimum absolute atomic E-state index is 0.150. The molecule has 0 radical (unpaired) electrons. The maximum atomic E-state index is 13.9. The van der Waals surface area contributed by atoms with Crippen molar-refractivity contribution in [3.05, 3.63) is 129 Å². The summed E-state index contributed by atoms with van der Waals surface area (Å²) < 4.78 is 18.4. The highest BCUT2D eigenvalue weighted by atomic mass is 32.1. The van der Waals surface area contributed by atoms with Gasteiger partial charge in [0.15, 0.2) is 4.80 Å². The first-order chi connectivity index (χ1) is 21.6. The van der Waals surface area contributed by atoms with Gasteiger partial charge in [-0.2, -0.15) is 0 Å². The molecule has 45 heavy (non-hydrogen) atoms. The van der Waals surface area contributed by atoms with E-state index in [0.717, 1.165) is 29.5 Å². The minimum atomic E-state index is -0.796. The van der Waals surface area contributed by atoms with Crippen LogP contribution in [0.2, 0.25) is 0 Å². The van der Waals surface area contributed by atoms with Crippen LogP contribution < -0.4 is 24.4 Å². The molecule has 3 aromatic carbocycles. The van der Waals surface area contributed by atoms with Crippen LogP contribution in [0.5, 0.6) is 17.2 Å². The van der Waals surface area contributed by atoms with Gasteiger partial charge >= 0.3 is 11.7 Å². The van der Waals surface area contributed by atoms with Crippen LogP contribution >= 0.6 is 11.3 Å². The Bertz CT molecular complexity index is 2030. The van der Waals surface area contributed by atoms with Crippen molar-refractivity contribution in [3.63, 3.8) is 0 Å². The van der Waals surface area contributed by atoms with Gasteiger partial charge in [-0.25, -0.2) is 9.79 Å². The summed E-state index contributed by atoms with van der Waals surface area (Å²) in [6.45, 7) is 5.91. The Labute approximate surface area is 259 Å². The van der Waals surface area contributed by atoms with E-state index in [9.17, 15) is 29.8 Å². The first-order valence-electron chi connectivity index (χ1n) is 13.7. The first kappa shape index (κ1) is 30.8. The Morgan fingerprint density at radius 1 is 1.00 bits per heavy atom. The lowest BCUT2D eigenvalue weighted by Gasteiger charge is -2.24. The molecule has 13 nitrogen and oxygen atoms in total. The molecule has 0 saturated carbocycles. The van der Waals surface area contributed by atoms with Crippen LogP contribution in [0.15, 0.2) is 87.8 Å². The third kappa shape index (κ3) is 6.35. The average molecular weight is 631 g/mol. The molecule has 230 valence electrons. The van der Waals surface area contributed by atoms with Crippen LogP contribution in [0.1, 0.15) is 37.9 Å². The number of fused-ring (bicyclic) bond motifs is 1. The lowest BCUT2D eigenvalue weighted by molar-refractivity contribution is -0.394. The summed E-state index contributed by atoms with van der Waals surface area (Å²) in [5.41, 5.74) is 0.502. The zero-order valence-corrected chi connectivity index (χ0v) is 25.1. The number of esters is 1. The number of ether oxygens (including phenoxy) is 3. The summed E-state index contributed by atoms with van der Waals surface area (Å²) in [6, 6.07) is 15.9. The van der Waals surface area contributed by atoms with Crippen LogP contribution in [0.25, 0.3) is 6.08 Å². The molecule has 0 saturated heterocycles. The van der Waals surface area contributed by atoms with Crippen molar-refractivity contribution >= 4 is 34.8 Å². The number of thiazole rings is 1. The molecular formula is C31H26N4O9S. The Morgan fingerprint density at radius 3 is 2.42 bits per heavy atom. The number of carbonyl (C=O) groups is 1. The predicted molar refractivity (Wildman–Crippen MR) is 164 cm³/mol. The van der Waals surface area contributed by atoms with Crippen molar-refractivity contribution in [1.29, 1.82) is 0 Å². The van der Waals surface area contributed by atoms with E-state index < -0.39 is 33.2 Å². The third-order valence-electron chi connectivity index (χ3n) is 6.76. The largest absolute Gasteiger partial charge is 0.494 e. The van der Waals surface area contributed by atoms with Gasteiger partial charge in [-0.15, -0.1) is 0 Å². The van der Waals surface area contributed by atoms with Crippen molar-refractivity contribution in [2.75, 3.05) is 13.2 Å². The van der Waals surface area contributed by atoms with Crippen LogP contribution in [-0.2, 0) is 9.53 Å². The van der Waals surface area contributed by atoms with Gasteiger partial charge in [0.2, 0.25) is 5.75 Å². The fraction of sp³-hybridized carbons (Fsp3) is 0.194. The molecule has 0 aliphatic carbocycles. The lowest BCUT2D eigenvalue weighted by atomic mass is 9.96. The molecule has 2 heterocycles. The number of rotatable bonds is 10. The SMILES string of the molecule is CCOC(=O)C1=C(C)N=c2s/c(=C\c3cccc(Oc4ccc([N+](=O)[O-])cc4[N+](=O)[O-])c3)c(=O)n2[C@@H]1c1ccc(OCC)cc1. The Morgan fingerprint density at radius 2 is 1.76 bits per heavy atom. The second-order valence-corrected chi connectivity index (χ2v) is 10.7. The molecule has 0 unspecified atom stereocenters. The molecule has 1 aliphatic heterocycles. The quantitative estimate of drug-likeness (QED) is 0.136. The smallest absolute Gasteiger partial charge is 0.338 e. The molecule has 4 aromatic rings. The second-order valence-electron chi connectivity index (χ2n) is 9.65. The highest BCUT2D eigenvalue weighted by Crippen LogP contribution is 2.35. The van der Waals surface area contributed by atoms with E-state index in [-0.39, 0.29) is 29.2 Å². The molecule has 0 amide bonds. The van der Waals surface area contributed by atoms with Gasteiger partial charge in [0, 0.05) is 6.07 Å². The summed E-state index contributed by atoms with van der Waals surface area (Å²) in [6.07, 6.45) is 1.62. The molecule has 1 aliphatic rings. The van der Waals surface area contributed by atoms with E-state index in [1.807, 2.05) is 6.92 Å². The van der Waals surface area contributed by atoms with E-state index in [2.05, 4.69) is 4.99 Å². The number of nitrogens with zero attached hydrogens (tertiary/aromatic N) is 4. The predicted octanol–water partition coefficient (Wildman–Crippen LogP) is 4.81. The lowest BCUT2D eigenvalue weighted by Crippen LogP contribution is -2.39. The highest BCUT2D eigenvalue weighted by Gasteiger charge is 2.33.